The number of carbonyl (C=O) groups is 3. The zero-order valence-electron chi connectivity index (χ0n) is 21.8. The summed E-state index contributed by atoms with van der Waals surface area (Å²) in [7, 11) is 0. The summed E-state index contributed by atoms with van der Waals surface area (Å²) in [6, 6.07) is 18.0. The summed E-state index contributed by atoms with van der Waals surface area (Å²) >= 11 is 0. The summed E-state index contributed by atoms with van der Waals surface area (Å²) in [5, 5.41) is 2.77. The van der Waals surface area contributed by atoms with Gasteiger partial charge in [-0.2, -0.15) is 0 Å². The van der Waals surface area contributed by atoms with Gasteiger partial charge in [-0.05, 0) is 74.6 Å². The first-order chi connectivity index (χ1) is 17.9. The fourth-order valence-electron chi connectivity index (χ4n) is 4.34. The molecule has 7 nitrogen and oxygen atoms in total. The summed E-state index contributed by atoms with van der Waals surface area (Å²) in [4.78, 5) is 37.2. The molecule has 1 saturated carbocycles. The number of esters is 1. The van der Waals surface area contributed by atoms with E-state index in [1.165, 1.54) is 11.1 Å². The van der Waals surface area contributed by atoms with Gasteiger partial charge in [0, 0.05) is 13.0 Å². The summed E-state index contributed by atoms with van der Waals surface area (Å²) in [6.07, 6.45) is 8.02. The van der Waals surface area contributed by atoms with Crippen LogP contribution in [0.3, 0.4) is 0 Å². The minimum Gasteiger partial charge on any atom is -0.457 e. The van der Waals surface area contributed by atoms with Crippen LogP contribution in [0.2, 0.25) is 0 Å². The molecule has 0 heterocycles. The van der Waals surface area contributed by atoms with Crippen LogP contribution in [0.15, 0.2) is 54.6 Å². The Hall–Kier alpha value is -3.03. The van der Waals surface area contributed by atoms with Crippen molar-refractivity contribution in [2.75, 3.05) is 19.7 Å². The first kappa shape index (κ1) is 28.5. The lowest BCUT2D eigenvalue weighted by molar-refractivity contribution is -0.153. The van der Waals surface area contributed by atoms with Crippen LogP contribution in [0.25, 0.3) is 0 Å². The third kappa shape index (κ3) is 9.74. The molecular formula is C30H41N3O4. The highest BCUT2D eigenvalue weighted by atomic mass is 16.5. The van der Waals surface area contributed by atoms with Gasteiger partial charge in [-0.25, -0.2) is 0 Å². The van der Waals surface area contributed by atoms with Crippen molar-refractivity contribution in [1.82, 2.24) is 5.32 Å². The van der Waals surface area contributed by atoms with Crippen molar-refractivity contribution in [3.63, 3.8) is 0 Å². The molecule has 1 aliphatic rings. The predicted octanol–water partition coefficient (Wildman–Crippen LogP) is 3.26. The largest absolute Gasteiger partial charge is 0.457 e. The van der Waals surface area contributed by atoms with Gasteiger partial charge in [-0.1, -0.05) is 61.0 Å². The van der Waals surface area contributed by atoms with Crippen LogP contribution < -0.4 is 16.8 Å². The van der Waals surface area contributed by atoms with E-state index in [9.17, 15) is 14.4 Å². The third-order valence-corrected chi connectivity index (χ3v) is 7.01. The Bertz CT molecular complexity index is 1000. The van der Waals surface area contributed by atoms with Crippen LogP contribution in [0.5, 0.6) is 0 Å². The second kappa shape index (κ2) is 14.6. The molecule has 3 rings (SSSR count). The van der Waals surface area contributed by atoms with Crippen molar-refractivity contribution < 1.29 is 19.1 Å². The number of hydrogen-bond donors (Lipinski definition) is 3. The Labute approximate surface area is 220 Å². The van der Waals surface area contributed by atoms with Crippen LogP contribution in [-0.4, -0.2) is 43.4 Å². The number of rotatable bonds is 17. The van der Waals surface area contributed by atoms with E-state index in [0.29, 0.717) is 25.8 Å². The highest BCUT2D eigenvalue weighted by Crippen LogP contribution is 2.46. The number of hydrogen-bond acceptors (Lipinski definition) is 6. The lowest BCUT2D eigenvalue weighted by Gasteiger charge is -2.17. The first-order valence-electron chi connectivity index (χ1n) is 13.5. The zero-order valence-corrected chi connectivity index (χ0v) is 21.8. The fourth-order valence-corrected chi connectivity index (χ4v) is 4.34. The maximum Gasteiger partial charge on any atom is 0.314 e. The van der Waals surface area contributed by atoms with E-state index in [1.807, 2.05) is 18.2 Å². The zero-order chi connectivity index (χ0) is 26.5. The van der Waals surface area contributed by atoms with Gasteiger partial charge in [-0.15, -0.1) is 0 Å². The number of Topliss-reactive ketones (excluding diaryl/α,β-unsaturated/α-hetero) is 1. The van der Waals surface area contributed by atoms with Gasteiger partial charge in [0.1, 0.15) is 6.61 Å². The van der Waals surface area contributed by atoms with E-state index in [2.05, 4.69) is 41.7 Å². The molecule has 7 heteroatoms. The number of nitrogens with one attached hydrogen (secondary N) is 1. The highest BCUT2D eigenvalue weighted by Gasteiger charge is 2.51. The van der Waals surface area contributed by atoms with E-state index in [0.717, 1.165) is 44.1 Å². The van der Waals surface area contributed by atoms with Gasteiger partial charge in [0.2, 0.25) is 5.91 Å². The molecule has 5 N–H and O–H groups in total. The molecule has 0 aromatic heterocycles. The van der Waals surface area contributed by atoms with E-state index >= 15 is 0 Å². The molecule has 0 unspecified atom stereocenters. The molecule has 0 aliphatic heterocycles. The summed E-state index contributed by atoms with van der Waals surface area (Å²) in [6.45, 7) is 0.507. The van der Waals surface area contributed by atoms with Crippen LogP contribution >= 0.6 is 0 Å². The molecule has 2 aromatic carbocycles. The van der Waals surface area contributed by atoms with Gasteiger partial charge in [0.05, 0.1) is 11.5 Å². The van der Waals surface area contributed by atoms with Gasteiger partial charge >= 0.3 is 5.97 Å². The van der Waals surface area contributed by atoms with Crippen molar-refractivity contribution in [3.05, 3.63) is 71.3 Å². The van der Waals surface area contributed by atoms with Crippen LogP contribution in [0.1, 0.15) is 61.6 Å². The average Bonchev–Trinajstić information content (AvgIpc) is 3.71. The Kier molecular flexibility index (Phi) is 11.3. The summed E-state index contributed by atoms with van der Waals surface area (Å²) < 4.78 is 5.32. The SMILES string of the molecule is NCCCC[C@H](N)C(=O)NCC1(C(=O)OCC(=O)Cc2ccc(CCCCc3ccccc3)cc2)CC1. The van der Waals surface area contributed by atoms with Gasteiger partial charge in [0.25, 0.3) is 0 Å². The van der Waals surface area contributed by atoms with E-state index in [1.54, 1.807) is 0 Å². The monoisotopic (exact) mass is 507 g/mol. The molecule has 2 aromatic rings. The molecule has 0 radical (unpaired) electrons. The molecule has 37 heavy (non-hydrogen) atoms. The second-order valence-electron chi connectivity index (χ2n) is 10.2. The molecule has 0 spiro atoms. The number of ketones is 1. The number of aryl methyl sites for hydroxylation is 2. The van der Waals surface area contributed by atoms with Crippen LogP contribution in [-0.2, 0) is 38.4 Å². The van der Waals surface area contributed by atoms with Gasteiger partial charge < -0.3 is 21.5 Å². The second-order valence-corrected chi connectivity index (χ2v) is 10.2. The smallest absolute Gasteiger partial charge is 0.314 e. The minimum absolute atomic E-state index is 0.147. The topological polar surface area (TPSA) is 125 Å². The first-order valence-corrected chi connectivity index (χ1v) is 13.5. The maximum absolute atomic E-state index is 12.6. The maximum atomic E-state index is 12.6. The number of ether oxygens (including phenoxy) is 1. The molecule has 200 valence electrons. The van der Waals surface area contributed by atoms with Crippen molar-refractivity contribution in [1.29, 1.82) is 0 Å². The number of nitrogens with two attached hydrogens (primary N) is 2. The number of benzene rings is 2. The van der Waals surface area contributed by atoms with Crippen LogP contribution in [0.4, 0.5) is 0 Å². The standard InChI is InChI=1S/C30H41N3O4/c31-19-7-6-12-27(32)28(35)33-22-30(17-18-30)29(36)37-21-26(34)20-25-15-13-24(14-16-25)11-5-4-10-23-8-2-1-3-9-23/h1-3,8-9,13-16,27H,4-7,10-12,17-22,31-32H2,(H,33,35)/t27-/m0/s1. The minimum atomic E-state index is -0.727. The molecule has 1 fully saturated rings. The number of carbonyl (C=O) groups excluding carboxylic acids is 3. The summed E-state index contributed by atoms with van der Waals surface area (Å²) in [5.74, 6) is -0.846. The van der Waals surface area contributed by atoms with Crippen molar-refractivity contribution >= 4 is 17.7 Å². The van der Waals surface area contributed by atoms with E-state index in [-0.39, 0.29) is 31.3 Å². The lowest BCUT2D eigenvalue weighted by atomic mass is 10.0. The highest BCUT2D eigenvalue weighted by molar-refractivity contribution is 5.87. The van der Waals surface area contributed by atoms with Crippen LogP contribution in [0, 0.1) is 5.41 Å². The van der Waals surface area contributed by atoms with Crippen molar-refractivity contribution in [2.24, 2.45) is 16.9 Å². The fraction of sp³-hybridized carbons (Fsp3) is 0.500. The number of unbranched alkanes of at least 4 members (excludes halogenated alkanes) is 2. The molecule has 0 saturated heterocycles. The molecule has 1 aliphatic carbocycles. The third-order valence-electron chi connectivity index (χ3n) is 7.01. The van der Waals surface area contributed by atoms with E-state index < -0.39 is 17.4 Å². The number of amides is 1. The quantitative estimate of drug-likeness (QED) is 0.223. The summed E-state index contributed by atoms with van der Waals surface area (Å²) in [5.41, 5.74) is 14.2. The Balaban J connectivity index is 1.32. The van der Waals surface area contributed by atoms with Crippen molar-refractivity contribution in [3.8, 4) is 0 Å². The Morgan fingerprint density at radius 3 is 2.11 bits per heavy atom. The van der Waals surface area contributed by atoms with Crippen molar-refractivity contribution in [2.45, 2.75) is 70.3 Å². The van der Waals surface area contributed by atoms with E-state index in [4.69, 9.17) is 16.2 Å². The lowest BCUT2D eigenvalue weighted by Crippen LogP contribution is -2.44. The van der Waals surface area contributed by atoms with Gasteiger partial charge in [0.15, 0.2) is 5.78 Å². The molecular weight excluding hydrogens is 466 g/mol. The van der Waals surface area contributed by atoms with Gasteiger partial charge in [-0.3, -0.25) is 14.4 Å². The molecule has 1 atom stereocenters. The Morgan fingerprint density at radius 2 is 1.49 bits per heavy atom. The average molecular weight is 508 g/mol. The predicted molar refractivity (Wildman–Crippen MR) is 145 cm³/mol. The normalized spacial score (nSPS) is 14.5. The molecule has 0 bridgehead atoms. The molecule has 1 amide bonds. The Morgan fingerprint density at radius 1 is 0.865 bits per heavy atom.